The monoisotopic (exact) mass is 376 g/mol. The van der Waals surface area contributed by atoms with Crippen LogP contribution in [0.25, 0.3) is 28.2 Å². The first-order valence-electron chi connectivity index (χ1n) is 9.57. The number of benzene rings is 2. The van der Waals surface area contributed by atoms with Crippen LogP contribution in [0.4, 0.5) is 4.39 Å². The Balaban J connectivity index is 1.84. The van der Waals surface area contributed by atoms with E-state index in [1.54, 1.807) is 25.4 Å². The van der Waals surface area contributed by atoms with E-state index < -0.39 is 6.17 Å². The summed E-state index contributed by atoms with van der Waals surface area (Å²) < 4.78 is 18.8. The molecule has 4 heteroatoms. The molecule has 1 heterocycles. The molecule has 0 saturated heterocycles. The van der Waals surface area contributed by atoms with Gasteiger partial charge in [-0.05, 0) is 55.5 Å². The van der Waals surface area contributed by atoms with Gasteiger partial charge in [0.1, 0.15) is 12.4 Å². The summed E-state index contributed by atoms with van der Waals surface area (Å²) in [4.78, 5) is 8.70. The zero-order valence-electron chi connectivity index (χ0n) is 16.1. The highest BCUT2D eigenvalue weighted by molar-refractivity contribution is 5.81. The summed E-state index contributed by atoms with van der Waals surface area (Å²) >= 11 is 0. The van der Waals surface area contributed by atoms with Gasteiger partial charge in [-0.15, -0.1) is 0 Å². The van der Waals surface area contributed by atoms with Crippen LogP contribution in [0.1, 0.15) is 31.7 Å². The van der Waals surface area contributed by atoms with E-state index in [0.717, 1.165) is 46.3 Å². The third-order valence-electron chi connectivity index (χ3n) is 4.44. The van der Waals surface area contributed by atoms with Gasteiger partial charge in [-0.1, -0.05) is 43.0 Å². The van der Waals surface area contributed by atoms with Gasteiger partial charge in [-0.2, -0.15) is 0 Å². The van der Waals surface area contributed by atoms with E-state index >= 15 is 0 Å². The topological polar surface area (TPSA) is 35.0 Å². The highest BCUT2D eigenvalue weighted by Crippen LogP contribution is 2.30. The quantitative estimate of drug-likeness (QED) is 0.320. The third-order valence-corrected chi connectivity index (χ3v) is 4.44. The second kappa shape index (κ2) is 9.79. The van der Waals surface area contributed by atoms with Gasteiger partial charge in [0.2, 0.25) is 0 Å². The number of aromatic nitrogens is 2. The maximum Gasteiger partial charge on any atom is 0.127 e. The molecular formula is C24H25FN2O. The van der Waals surface area contributed by atoms with Crippen LogP contribution >= 0.6 is 0 Å². The van der Waals surface area contributed by atoms with Crippen molar-refractivity contribution in [3.05, 3.63) is 73.1 Å². The zero-order valence-corrected chi connectivity index (χ0v) is 16.1. The standard InChI is InChI=1S/C24H25FN2O/c1-3-15-28-24-17-21(10-9-19(24)8-6-4-5-7-18(2)25)20-11-12-22-23(16-20)27-14-13-26-22/h3,6,8-14,16-18H,1,4-5,7,15H2,2H3. The minimum Gasteiger partial charge on any atom is -0.489 e. The second-order valence-corrected chi connectivity index (χ2v) is 6.73. The van der Waals surface area contributed by atoms with E-state index in [0.29, 0.717) is 13.0 Å². The number of alkyl halides is 1. The third kappa shape index (κ3) is 5.26. The Bertz CT molecular complexity index is 966. The van der Waals surface area contributed by atoms with Gasteiger partial charge in [-0.25, -0.2) is 4.39 Å². The molecule has 3 rings (SSSR count). The Morgan fingerprint density at radius 1 is 1.07 bits per heavy atom. The van der Waals surface area contributed by atoms with Crippen molar-refractivity contribution in [3.63, 3.8) is 0 Å². The summed E-state index contributed by atoms with van der Waals surface area (Å²) in [6.07, 6.45) is 10.8. The highest BCUT2D eigenvalue weighted by Gasteiger charge is 2.07. The molecule has 2 aromatic carbocycles. The maximum atomic E-state index is 12.9. The van der Waals surface area contributed by atoms with Crippen molar-refractivity contribution < 1.29 is 9.13 Å². The summed E-state index contributed by atoms with van der Waals surface area (Å²) in [5, 5.41) is 0. The van der Waals surface area contributed by atoms with E-state index in [1.807, 2.05) is 36.4 Å². The zero-order chi connectivity index (χ0) is 19.8. The molecule has 0 radical (unpaired) electrons. The first-order valence-corrected chi connectivity index (χ1v) is 9.57. The lowest BCUT2D eigenvalue weighted by Crippen LogP contribution is -1.96. The molecule has 0 bridgehead atoms. The van der Waals surface area contributed by atoms with E-state index in [9.17, 15) is 4.39 Å². The SMILES string of the molecule is C=CCOc1cc(-c2ccc3nccnc3c2)ccc1C=CCCCC(C)F. The van der Waals surface area contributed by atoms with Gasteiger partial charge in [0.25, 0.3) is 0 Å². The van der Waals surface area contributed by atoms with Crippen LogP contribution in [-0.2, 0) is 0 Å². The van der Waals surface area contributed by atoms with Crippen molar-refractivity contribution >= 4 is 17.1 Å². The van der Waals surface area contributed by atoms with Crippen LogP contribution in [0.15, 0.2) is 67.5 Å². The van der Waals surface area contributed by atoms with Gasteiger partial charge in [0.05, 0.1) is 17.2 Å². The average Bonchev–Trinajstić information content (AvgIpc) is 2.72. The predicted octanol–water partition coefficient (Wildman–Crippen LogP) is 6.40. The van der Waals surface area contributed by atoms with Gasteiger partial charge >= 0.3 is 0 Å². The molecule has 0 aliphatic rings. The van der Waals surface area contributed by atoms with Crippen molar-refractivity contribution in [2.75, 3.05) is 6.61 Å². The lowest BCUT2D eigenvalue weighted by molar-refractivity contribution is 0.335. The van der Waals surface area contributed by atoms with Crippen LogP contribution < -0.4 is 4.74 Å². The molecule has 28 heavy (non-hydrogen) atoms. The van der Waals surface area contributed by atoms with Crippen molar-refractivity contribution in [2.24, 2.45) is 0 Å². The van der Waals surface area contributed by atoms with Crippen molar-refractivity contribution in [1.29, 1.82) is 0 Å². The van der Waals surface area contributed by atoms with Crippen molar-refractivity contribution in [1.82, 2.24) is 9.97 Å². The molecule has 0 aliphatic carbocycles. The normalized spacial score (nSPS) is 12.4. The summed E-state index contributed by atoms with van der Waals surface area (Å²) in [6.45, 7) is 5.77. The molecule has 0 N–H and O–H groups in total. The summed E-state index contributed by atoms with van der Waals surface area (Å²) in [6, 6.07) is 12.2. The van der Waals surface area contributed by atoms with Crippen LogP contribution in [0.5, 0.6) is 5.75 Å². The number of rotatable bonds is 9. The number of hydrogen-bond donors (Lipinski definition) is 0. The average molecular weight is 376 g/mol. The lowest BCUT2D eigenvalue weighted by Gasteiger charge is -2.11. The lowest BCUT2D eigenvalue weighted by atomic mass is 10.0. The number of fused-ring (bicyclic) bond motifs is 1. The minimum absolute atomic E-state index is 0.437. The number of nitrogens with zero attached hydrogens (tertiary/aromatic N) is 2. The fraction of sp³-hybridized carbons (Fsp3) is 0.250. The first-order chi connectivity index (χ1) is 13.7. The number of halogens is 1. The maximum absolute atomic E-state index is 12.9. The Morgan fingerprint density at radius 2 is 1.82 bits per heavy atom. The summed E-state index contributed by atoms with van der Waals surface area (Å²) in [5.74, 6) is 0.798. The van der Waals surface area contributed by atoms with Crippen LogP contribution in [0.3, 0.4) is 0 Å². The van der Waals surface area contributed by atoms with E-state index in [4.69, 9.17) is 4.74 Å². The molecule has 0 amide bonds. The molecule has 1 atom stereocenters. The molecule has 0 saturated carbocycles. The molecule has 3 nitrogen and oxygen atoms in total. The van der Waals surface area contributed by atoms with Crippen molar-refractivity contribution in [2.45, 2.75) is 32.4 Å². The Morgan fingerprint density at radius 3 is 2.61 bits per heavy atom. The Labute approximate surface area is 165 Å². The molecule has 0 spiro atoms. The minimum atomic E-state index is -0.745. The van der Waals surface area contributed by atoms with Crippen molar-refractivity contribution in [3.8, 4) is 16.9 Å². The van der Waals surface area contributed by atoms with Gasteiger partial charge < -0.3 is 4.74 Å². The molecule has 0 aliphatic heterocycles. The highest BCUT2D eigenvalue weighted by atomic mass is 19.1. The van der Waals surface area contributed by atoms with Gasteiger partial charge in [-0.3, -0.25) is 9.97 Å². The largest absolute Gasteiger partial charge is 0.489 e. The van der Waals surface area contributed by atoms with Crippen LogP contribution in [0, 0.1) is 0 Å². The number of hydrogen-bond acceptors (Lipinski definition) is 3. The predicted molar refractivity (Wildman–Crippen MR) is 114 cm³/mol. The molecule has 144 valence electrons. The molecule has 3 aromatic rings. The van der Waals surface area contributed by atoms with Gasteiger partial charge in [0.15, 0.2) is 0 Å². The smallest absolute Gasteiger partial charge is 0.127 e. The van der Waals surface area contributed by atoms with E-state index in [-0.39, 0.29) is 0 Å². The first kappa shape index (κ1) is 19.7. The molecular weight excluding hydrogens is 351 g/mol. The fourth-order valence-electron chi connectivity index (χ4n) is 3.00. The summed E-state index contributed by atoms with van der Waals surface area (Å²) in [7, 11) is 0. The second-order valence-electron chi connectivity index (χ2n) is 6.73. The number of allylic oxidation sites excluding steroid dienone is 1. The Kier molecular flexibility index (Phi) is 6.90. The van der Waals surface area contributed by atoms with Gasteiger partial charge in [0, 0.05) is 18.0 Å². The molecule has 0 fully saturated rings. The fourth-order valence-corrected chi connectivity index (χ4v) is 3.00. The van der Waals surface area contributed by atoms with Crippen LogP contribution in [-0.4, -0.2) is 22.7 Å². The Hall–Kier alpha value is -3.01. The summed E-state index contributed by atoms with van der Waals surface area (Å²) in [5.41, 5.74) is 4.84. The molecule has 1 aromatic heterocycles. The molecule has 1 unspecified atom stereocenters. The number of unbranched alkanes of at least 4 members (excludes halogenated alkanes) is 1. The van der Waals surface area contributed by atoms with E-state index in [2.05, 4.69) is 28.7 Å². The van der Waals surface area contributed by atoms with Crippen LogP contribution in [0.2, 0.25) is 0 Å². The number of ether oxygens (including phenoxy) is 1. The van der Waals surface area contributed by atoms with E-state index in [1.165, 1.54) is 0 Å².